The number of aromatic nitrogens is 2. The Morgan fingerprint density at radius 3 is 2.08 bits per heavy atom. The van der Waals surface area contributed by atoms with E-state index in [0.717, 1.165) is 16.8 Å². The molecule has 1 aromatic carbocycles. The molecule has 1 aliphatic heterocycles. The van der Waals surface area contributed by atoms with Gasteiger partial charge in [0.15, 0.2) is 0 Å². The van der Waals surface area contributed by atoms with Crippen molar-refractivity contribution in [3.8, 4) is 11.4 Å². The van der Waals surface area contributed by atoms with Crippen LogP contribution < -0.4 is 15.2 Å². The van der Waals surface area contributed by atoms with Crippen molar-refractivity contribution >= 4 is 15.7 Å². The van der Waals surface area contributed by atoms with Crippen molar-refractivity contribution in [1.29, 1.82) is 0 Å². The molecule has 1 aromatic heterocycles. The Kier molecular flexibility index (Phi) is 7.02. The molecule has 12 heteroatoms. The number of sulfonamides is 1. The van der Waals surface area contributed by atoms with E-state index < -0.39 is 38.6 Å². The zero-order valence-electron chi connectivity index (χ0n) is 22.7. The normalized spacial score (nSPS) is 29.7. The highest BCUT2D eigenvalue weighted by Gasteiger charge is 2.59. The SMILES string of the molecule is CC(C)S(=O)(=O)N1CCN(c2cnn(-c3cc(F)cc(F)c3)c(=O)c2OC2C[C@]3(C)CC(F)C[C@]3(C)C2)CC1. The van der Waals surface area contributed by atoms with E-state index in [4.69, 9.17) is 4.74 Å². The summed E-state index contributed by atoms with van der Waals surface area (Å²) in [5.74, 6) is -1.71. The number of halogens is 3. The standard InChI is InChI=1S/C27H35F3N4O4S/c1-17(2)39(36,37)33-7-5-32(6-8-33)23-16-31-34(21-10-18(28)9-19(29)11-21)25(35)24(23)38-22-14-26(3)12-20(30)13-27(26,4)15-22/h9-11,16-17,20,22H,5-8,12-15H2,1-4H3/t20?,22?,26-,27+. The number of alkyl halides is 1. The first-order valence-corrected chi connectivity index (χ1v) is 14.9. The summed E-state index contributed by atoms with van der Waals surface area (Å²) in [6, 6.07) is 2.74. The van der Waals surface area contributed by atoms with E-state index in [9.17, 15) is 26.4 Å². The highest BCUT2D eigenvalue weighted by Crippen LogP contribution is 2.63. The van der Waals surface area contributed by atoms with Crippen LogP contribution in [0, 0.1) is 22.5 Å². The predicted octanol–water partition coefficient (Wildman–Crippen LogP) is 4.06. The van der Waals surface area contributed by atoms with Gasteiger partial charge in [0, 0.05) is 32.2 Å². The maximum Gasteiger partial charge on any atom is 0.316 e. The molecular weight excluding hydrogens is 533 g/mol. The van der Waals surface area contributed by atoms with Crippen molar-refractivity contribution < 1.29 is 26.3 Å². The van der Waals surface area contributed by atoms with Crippen molar-refractivity contribution in [2.45, 2.75) is 70.9 Å². The lowest BCUT2D eigenvalue weighted by Crippen LogP contribution is -2.50. The largest absolute Gasteiger partial charge is 0.483 e. The number of nitrogens with zero attached hydrogens (tertiary/aromatic N) is 4. The van der Waals surface area contributed by atoms with Crippen LogP contribution in [0.5, 0.6) is 5.75 Å². The molecule has 2 heterocycles. The van der Waals surface area contributed by atoms with E-state index >= 15 is 0 Å². The number of hydrogen-bond acceptors (Lipinski definition) is 6. The van der Waals surface area contributed by atoms with Gasteiger partial charge in [0.25, 0.3) is 0 Å². The summed E-state index contributed by atoms with van der Waals surface area (Å²) in [5.41, 5.74) is -0.905. The zero-order chi connectivity index (χ0) is 28.3. The molecule has 2 saturated carbocycles. The summed E-state index contributed by atoms with van der Waals surface area (Å²) in [7, 11) is -3.43. The van der Waals surface area contributed by atoms with Gasteiger partial charge in [0.1, 0.15) is 29.6 Å². The van der Waals surface area contributed by atoms with E-state index in [0.29, 0.717) is 50.5 Å². The summed E-state index contributed by atoms with van der Waals surface area (Å²) in [4.78, 5) is 15.6. The highest BCUT2D eigenvalue weighted by molar-refractivity contribution is 7.89. The zero-order valence-corrected chi connectivity index (χ0v) is 23.5. The molecule has 0 amide bonds. The van der Waals surface area contributed by atoms with Gasteiger partial charge < -0.3 is 9.64 Å². The van der Waals surface area contributed by atoms with Crippen molar-refractivity contribution in [1.82, 2.24) is 14.1 Å². The third-order valence-corrected chi connectivity index (χ3v) is 11.3. The van der Waals surface area contributed by atoms with Gasteiger partial charge in [0.2, 0.25) is 15.8 Å². The summed E-state index contributed by atoms with van der Waals surface area (Å²) in [6.45, 7) is 8.48. The predicted molar refractivity (Wildman–Crippen MR) is 142 cm³/mol. The molecule has 5 rings (SSSR count). The molecule has 1 saturated heterocycles. The quantitative estimate of drug-likeness (QED) is 0.523. The number of rotatable bonds is 6. The molecule has 39 heavy (non-hydrogen) atoms. The first kappa shape index (κ1) is 27.9. The Hall–Kier alpha value is -2.60. The van der Waals surface area contributed by atoms with Crippen molar-refractivity contribution in [3.63, 3.8) is 0 Å². The van der Waals surface area contributed by atoms with Crippen LogP contribution in [0.4, 0.5) is 18.9 Å². The fourth-order valence-electron chi connectivity index (χ4n) is 6.62. The van der Waals surface area contributed by atoms with Gasteiger partial charge in [-0.2, -0.15) is 14.1 Å². The van der Waals surface area contributed by atoms with E-state index in [-0.39, 0.29) is 41.5 Å². The van der Waals surface area contributed by atoms with Crippen LogP contribution in [-0.4, -0.2) is 66.2 Å². The fourth-order valence-corrected chi connectivity index (χ4v) is 7.89. The maximum absolute atomic E-state index is 14.3. The van der Waals surface area contributed by atoms with Gasteiger partial charge in [-0.3, -0.25) is 4.79 Å². The molecule has 2 aromatic rings. The molecule has 2 unspecified atom stereocenters. The second-order valence-corrected chi connectivity index (χ2v) is 14.4. The van der Waals surface area contributed by atoms with E-state index in [1.165, 1.54) is 10.5 Å². The third-order valence-electron chi connectivity index (χ3n) is 8.98. The summed E-state index contributed by atoms with van der Waals surface area (Å²) >= 11 is 0. The van der Waals surface area contributed by atoms with Crippen molar-refractivity contribution in [2.24, 2.45) is 10.8 Å². The number of hydrogen-bond donors (Lipinski definition) is 0. The fraction of sp³-hybridized carbons (Fsp3) is 0.630. The Morgan fingerprint density at radius 1 is 0.974 bits per heavy atom. The van der Waals surface area contributed by atoms with E-state index in [1.807, 2.05) is 4.90 Å². The minimum absolute atomic E-state index is 0.0104. The Labute approximate surface area is 226 Å². The molecule has 2 aliphatic carbocycles. The summed E-state index contributed by atoms with van der Waals surface area (Å²) < 4.78 is 76.3. The maximum atomic E-state index is 14.3. The van der Waals surface area contributed by atoms with Crippen LogP contribution in [0.15, 0.2) is 29.2 Å². The lowest BCUT2D eigenvalue weighted by atomic mass is 9.71. The lowest BCUT2D eigenvalue weighted by molar-refractivity contribution is 0.157. The van der Waals surface area contributed by atoms with Gasteiger partial charge in [-0.05, 0) is 62.5 Å². The molecule has 3 fully saturated rings. The van der Waals surface area contributed by atoms with Crippen LogP contribution in [0.1, 0.15) is 53.4 Å². The number of ether oxygens (including phenoxy) is 1. The molecule has 3 aliphatic rings. The van der Waals surface area contributed by atoms with Crippen LogP contribution in [0.25, 0.3) is 5.69 Å². The minimum atomic E-state index is -3.43. The Bertz CT molecular complexity index is 1390. The Morgan fingerprint density at radius 2 is 1.54 bits per heavy atom. The number of fused-ring (bicyclic) bond motifs is 1. The Balaban J connectivity index is 1.49. The molecule has 214 valence electrons. The highest BCUT2D eigenvalue weighted by atomic mass is 32.2. The first-order chi connectivity index (χ1) is 18.2. The first-order valence-electron chi connectivity index (χ1n) is 13.4. The van der Waals surface area contributed by atoms with Gasteiger partial charge in [0.05, 0.1) is 17.1 Å². The van der Waals surface area contributed by atoms with Gasteiger partial charge in [-0.25, -0.2) is 21.6 Å². The van der Waals surface area contributed by atoms with Gasteiger partial charge in [-0.15, -0.1) is 0 Å². The minimum Gasteiger partial charge on any atom is -0.483 e. The third kappa shape index (κ3) is 4.94. The topological polar surface area (TPSA) is 84.7 Å². The number of anilines is 1. The van der Waals surface area contributed by atoms with Crippen LogP contribution in [0.2, 0.25) is 0 Å². The second-order valence-electron chi connectivity index (χ2n) is 12.0. The molecular formula is C27H35F3N4O4S. The van der Waals surface area contributed by atoms with Gasteiger partial charge >= 0.3 is 5.56 Å². The molecule has 0 bridgehead atoms. The average Bonchev–Trinajstić information content (AvgIpc) is 3.20. The smallest absolute Gasteiger partial charge is 0.316 e. The molecule has 0 N–H and O–H groups in total. The monoisotopic (exact) mass is 568 g/mol. The molecule has 0 spiro atoms. The molecule has 8 nitrogen and oxygen atoms in total. The molecule has 0 radical (unpaired) electrons. The average molecular weight is 569 g/mol. The van der Waals surface area contributed by atoms with Crippen LogP contribution in [-0.2, 0) is 10.0 Å². The summed E-state index contributed by atoms with van der Waals surface area (Å²) in [6.07, 6.45) is 2.21. The van der Waals surface area contributed by atoms with E-state index in [2.05, 4.69) is 18.9 Å². The van der Waals surface area contributed by atoms with Crippen LogP contribution in [0.3, 0.4) is 0 Å². The van der Waals surface area contributed by atoms with Crippen molar-refractivity contribution in [3.05, 3.63) is 46.4 Å². The van der Waals surface area contributed by atoms with E-state index in [1.54, 1.807) is 13.8 Å². The second kappa shape index (κ2) is 9.79. The van der Waals surface area contributed by atoms with Crippen molar-refractivity contribution in [2.75, 3.05) is 31.1 Å². The van der Waals surface area contributed by atoms with Crippen LogP contribution >= 0.6 is 0 Å². The van der Waals surface area contributed by atoms with Gasteiger partial charge in [-0.1, -0.05) is 13.8 Å². The number of benzene rings is 1. The molecule has 4 atom stereocenters. The number of piperazine rings is 1. The lowest BCUT2D eigenvalue weighted by Gasteiger charge is -2.36. The summed E-state index contributed by atoms with van der Waals surface area (Å²) in [5, 5.41) is 3.65.